The van der Waals surface area contributed by atoms with Crippen LogP contribution in [0.2, 0.25) is 0 Å². The first-order valence-electron chi connectivity index (χ1n) is 8.38. The number of halogens is 4. The lowest BCUT2D eigenvalue weighted by Gasteiger charge is -2.40. The molecule has 0 aromatic heterocycles. The highest BCUT2D eigenvalue weighted by atomic mass is 19.4. The van der Waals surface area contributed by atoms with Crippen LogP contribution in [0.25, 0.3) is 0 Å². The summed E-state index contributed by atoms with van der Waals surface area (Å²) in [5.74, 6) is -2.60. The van der Waals surface area contributed by atoms with Crippen molar-refractivity contribution in [3.8, 4) is 0 Å². The van der Waals surface area contributed by atoms with E-state index in [0.717, 1.165) is 12.1 Å². The van der Waals surface area contributed by atoms with Crippen LogP contribution in [0, 0.1) is 5.82 Å². The summed E-state index contributed by atoms with van der Waals surface area (Å²) in [5, 5.41) is 12.2. The maximum atomic E-state index is 14.1. The molecule has 1 aliphatic carbocycles. The summed E-state index contributed by atoms with van der Waals surface area (Å²) in [6.45, 7) is 4.63. The van der Waals surface area contributed by atoms with Crippen LogP contribution in [0.4, 0.5) is 22.4 Å². The van der Waals surface area contributed by atoms with Crippen molar-refractivity contribution in [1.29, 1.82) is 0 Å². The number of alkyl carbamates (subject to hydrolysis) is 1. The molecule has 0 aliphatic heterocycles. The Morgan fingerprint density at radius 2 is 1.93 bits per heavy atom. The van der Waals surface area contributed by atoms with Crippen molar-refractivity contribution in [2.45, 2.75) is 63.5 Å². The Balaban J connectivity index is 2.64. The number of Topliss-reactive ketones (excluding diaryl/α,β-unsaturated/α-hetero) is 1. The number of ether oxygens (including phenoxy) is 1. The summed E-state index contributed by atoms with van der Waals surface area (Å²) < 4.78 is 59.7. The number of carbonyl (C=O) groups excluding carboxylic acids is 2. The molecule has 2 atom stereocenters. The number of aliphatic hydroxyl groups excluding tert-OH is 1. The summed E-state index contributed by atoms with van der Waals surface area (Å²) in [4.78, 5) is 25.0. The molecule has 2 N–H and O–H groups in total. The molecule has 0 spiro atoms. The van der Waals surface area contributed by atoms with Gasteiger partial charge in [-0.15, -0.1) is 0 Å². The minimum absolute atomic E-state index is 0.0350. The number of amides is 1. The molecular formula is C18H21F4NO4. The molecule has 2 unspecified atom stereocenters. The largest absolute Gasteiger partial charge is 0.444 e. The van der Waals surface area contributed by atoms with Crippen LogP contribution in [-0.2, 0) is 21.2 Å². The molecule has 1 fully saturated rings. The first-order valence-corrected chi connectivity index (χ1v) is 8.38. The SMILES string of the molecule is CC(C)(C)OC(=O)NC1(c2cccc(F)c2C(F)(F)F)CCCC(O)C1=O. The van der Waals surface area contributed by atoms with Gasteiger partial charge in [-0.1, -0.05) is 12.1 Å². The smallest absolute Gasteiger partial charge is 0.419 e. The zero-order valence-electron chi connectivity index (χ0n) is 15.1. The highest BCUT2D eigenvalue weighted by Gasteiger charge is 2.52. The number of benzene rings is 1. The van der Waals surface area contributed by atoms with Gasteiger partial charge in [0.25, 0.3) is 0 Å². The Morgan fingerprint density at radius 1 is 1.30 bits per heavy atom. The lowest BCUT2D eigenvalue weighted by Crippen LogP contribution is -2.58. The van der Waals surface area contributed by atoms with E-state index in [1.165, 1.54) is 0 Å². The third-order valence-electron chi connectivity index (χ3n) is 4.22. The molecule has 5 nitrogen and oxygen atoms in total. The number of nitrogens with one attached hydrogen (secondary N) is 1. The molecule has 1 aromatic carbocycles. The second-order valence-corrected chi connectivity index (χ2v) is 7.46. The van der Waals surface area contributed by atoms with Gasteiger partial charge in [-0.2, -0.15) is 13.2 Å². The Morgan fingerprint density at radius 3 is 2.48 bits per heavy atom. The molecule has 0 heterocycles. The topological polar surface area (TPSA) is 75.6 Å². The van der Waals surface area contributed by atoms with Crippen LogP contribution >= 0.6 is 0 Å². The third-order valence-corrected chi connectivity index (χ3v) is 4.22. The van der Waals surface area contributed by atoms with Crippen LogP contribution < -0.4 is 5.32 Å². The van der Waals surface area contributed by atoms with E-state index in [-0.39, 0.29) is 19.3 Å². The van der Waals surface area contributed by atoms with Crippen LogP contribution in [0.15, 0.2) is 18.2 Å². The molecule has 9 heteroatoms. The van der Waals surface area contributed by atoms with Gasteiger partial charge < -0.3 is 15.2 Å². The summed E-state index contributed by atoms with van der Waals surface area (Å²) in [6, 6.07) is 2.57. The monoisotopic (exact) mass is 391 g/mol. The van der Waals surface area contributed by atoms with Gasteiger partial charge in [0.05, 0.1) is 5.56 Å². The van der Waals surface area contributed by atoms with Gasteiger partial charge in [0.15, 0.2) is 5.78 Å². The minimum Gasteiger partial charge on any atom is -0.444 e. The Labute approximate surface area is 153 Å². The molecule has 1 aromatic rings. The van der Waals surface area contributed by atoms with E-state index < -0.39 is 52.2 Å². The lowest BCUT2D eigenvalue weighted by molar-refractivity contribution is -0.144. The summed E-state index contributed by atoms with van der Waals surface area (Å²) >= 11 is 0. The van der Waals surface area contributed by atoms with E-state index in [9.17, 15) is 32.3 Å². The number of ketones is 1. The Hall–Kier alpha value is -2.16. The van der Waals surface area contributed by atoms with Gasteiger partial charge in [0.1, 0.15) is 23.1 Å². The maximum Gasteiger partial charge on any atom is 0.419 e. The number of aliphatic hydroxyl groups is 1. The molecule has 0 saturated heterocycles. The number of hydrogen-bond acceptors (Lipinski definition) is 4. The van der Waals surface area contributed by atoms with E-state index in [1.54, 1.807) is 20.8 Å². The number of hydrogen-bond donors (Lipinski definition) is 2. The molecular weight excluding hydrogens is 370 g/mol. The fraction of sp³-hybridized carbons (Fsp3) is 0.556. The Bertz CT molecular complexity index is 742. The van der Waals surface area contributed by atoms with E-state index >= 15 is 0 Å². The van der Waals surface area contributed by atoms with Gasteiger partial charge in [0.2, 0.25) is 0 Å². The van der Waals surface area contributed by atoms with Crippen molar-refractivity contribution in [3.63, 3.8) is 0 Å². The van der Waals surface area contributed by atoms with Gasteiger partial charge >= 0.3 is 12.3 Å². The van der Waals surface area contributed by atoms with Gasteiger partial charge in [-0.05, 0) is 46.1 Å². The second-order valence-electron chi connectivity index (χ2n) is 7.46. The normalized spacial score (nSPS) is 23.9. The molecule has 0 radical (unpaired) electrons. The van der Waals surface area contributed by atoms with Crippen LogP contribution in [0.5, 0.6) is 0 Å². The first kappa shape index (κ1) is 21.1. The molecule has 1 aliphatic rings. The quantitative estimate of drug-likeness (QED) is 0.755. The highest BCUT2D eigenvalue weighted by Crippen LogP contribution is 2.43. The summed E-state index contributed by atoms with van der Waals surface area (Å²) in [6.07, 6.45) is -7.87. The van der Waals surface area contributed by atoms with E-state index in [4.69, 9.17) is 4.74 Å². The molecule has 0 bridgehead atoms. The predicted molar refractivity (Wildman–Crippen MR) is 87.3 cm³/mol. The van der Waals surface area contributed by atoms with Gasteiger partial charge in [0, 0.05) is 5.56 Å². The minimum atomic E-state index is -5.11. The lowest BCUT2D eigenvalue weighted by atomic mass is 9.72. The average Bonchev–Trinajstić information content (AvgIpc) is 2.48. The van der Waals surface area contributed by atoms with Crippen molar-refractivity contribution in [3.05, 3.63) is 35.1 Å². The van der Waals surface area contributed by atoms with Gasteiger partial charge in [-0.3, -0.25) is 4.79 Å². The average molecular weight is 391 g/mol. The van der Waals surface area contributed by atoms with Crippen molar-refractivity contribution in [1.82, 2.24) is 5.32 Å². The Kier molecular flexibility index (Phi) is 5.56. The fourth-order valence-corrected chi connectivity index (χ4v) is 3.20. The van der Waals surface area contributed by atoms with Crippen molar-refractivity contribution in [2.24, 2.45) is 0 Å². The van der Waals surface area contributed by atoms with Crippen LogP contribution in [-0.4, -0.2) is 28.7 Å². The molecule has 27 heavy (non-hydrogen) atoms. The molecule has 1 amide bonds. The second kappa shape index (κ2) is 7.10. The highest BCUT2D eigenvalue weighted by molar-refractivity contribution is 5.96. The fourth-order valence-electron chi connectivity index (χ4n) is 3.20. The van der Waals surface area contributed by atoms with Crippen molar-refractivity contribution < 1.29 is 37.0 Å². The zero-order valence-corrected chi connectivity index (χ0v) is 15.1. The predicted octanol–water partition coefficient (Wildman–Crippen LogP) is 3.68. The van der Waals surface area contributed by atoms with Crippen LogP contribution in [0.1, 0.15) is 51.2 Å². The molecule has 2 rings (SSSR count). The number of rotatable bonds is 2. The maximum absolute atomic E-state index is 14.1. The van der Waals surface area contributed by atoms with Crippen LogP contribution in [0.3, 0.4) is 0 Å². The zero-order chi connectivity index (χ0) is 20.6. The third kappa shape index (κ3) is 4.40. The summed E-state index contributed by atoms with van der Waals surface area (Å²) in [5.41, 5.74) is -5.61. The number of alkyl halides is 3. The van der Waals surface area contributed by atoms with Crippen molar-refractivity contribution in [2.75, 3.05) is 0 Å². The summed E-state index contributed by atoms with van der Waals surface area (Å²) in [7, 11) is 0. The standard InChI is InChI=1S/C18H21F4NO4/c1-16(2,3)27-15(26)23-17(9-5-8-12(24)14(17)25)10-6-4-7-11(19)13(10)18(20,21)22/h4,6-7,12,24H,5,8-9H2,1-3H3,(H,23,26). The molecule has 1 saturated carbocycles. The van der Waals surface area contributed by atoms with Crippen molar-refractivity contribution >= 4 is 11.9 Å². The van der Waals surface area contributed by atoms with E-state index in [1.807, 2.05) is 0 Å². The number of carbonyl (C=O) groups is 2. The van der Waals surface area contributed by atoms with Gasteiger partial charge in [-0.25, -0.2) is 9.18 Å². The first-order chi connectivity index (χ1) is 12.3. The van der Waals surface area contributed by atoms with E-state index in [2.05, 4.69) is 5.32 Å². The molecule has 150 valence electrons. The van der Waals surface area contributed by atoms with E-state index in [0.29, 0.717) is 6.07 Å².